The number of rotatable bonds is 6. The first-order valence-electron chi connectivity index (χ1n) is 6.45. The highest BCUT2D eigenvalue weighted by atomic mass is 28.3. The van der Waals surface area contributed by atoms with Gasteiger partial charge in [-0.25, -0.2) is 9.78 Å². The van der Waals surface area contributed by atoms with E-state index in [9.17, 15) is 4.79 Å². The van der Waals surface area contributed by atoms with E-state index in [4.69, 9.17) is 4.74 Å². The Hall–Kier alpha value is -1.56. The first-order valence-corrected chi connectivity index (χ1v) is 10.2. The second kappa shape index (κ2) is 7.13. The van der Waals surface area contributed by atoms with Crippen molar-refractivity contribution in [2.45, 2.75) is 32.1 Å². The predicted molar refractivity (Wildman–Crippen MR) is 80.6 cm³/mol. The van der Waals surface area contributed by atoms with Crippen molar-refractivity contribution in [3.63, 3.8) is 0 Å². The molecule has 19 heavy (non-hydrogen) atoms. The molecule has 0 saturated carbocycles. The lowest BCUT2D eigenvalue weighted by Crippen LogP contribution is -2.31. The van der Waals surface area contributed by atoms with Crippen molar-refractivity contribution >= 4 is 19.8 Å². The van der Waals surface area contributed by atoms with Gasteiger partial charge in [0.2, 0.25) is 5.88 Å². The molecule has 0 bridgehead atoms. The smallest absolute Gasteiger partial charge is 0.319 e. The number of carbonyl (C=O) groups is 1. The maximum absolute atomic E-state index is 11.6. The number of amides is 2. The second-order valence-corrected chi connectivity index (χ2v) is 11.3. The summed E-state index contributed by atoms with van der Waals surface area (Å²) in [5, 5.41) is 5.58. The first kappa shape index (κ1) is 15.5. The van der Waals surface area contributed by atoms with Crippen molar-refractivity contribution in [1.82, 2.24) is 10.3 Å². The van der Waals surface area contributed by atoms with Gasteiger partial charge in [-0.1, -0.05) is 25.7 Å². The Labute approximate surface area is 115 Å². The molecule has 0 fully saturated rings. The number of nitrogens with zero attached hydrogens (tertiary/aromatic N) is 1. The molecule has 0 radical (unpaired) electrons. The maximum Gasteiger partial charge on any atom is 0.319 e. The molecule has 0 spiro atoms. The van der Waals surface area contributed by atoms with Crippen LogP contribution in [0.4, 0.5) is 10.5 Å². The van der Waals surface area contributed by atoms with E-state index in [1.54, 1.807) is 25.4 Å². The minimum Gasteiger partial charge on any atom is -0.481 e. The lowest BCUT2D eigenvalue weighted by molar-refractivity contribution is 0.252. The van der Waals surface area contributed by atoms with Crippen LogP contribution in [0, 0.1) is 0 Å². The topological polar surface area (TPSA) is 63.2 Å². The molecule has 106 valence electrons. The zero-order valence-corrected chi connectivity index (χ0v) is 13.1. The quantitative estimate of drug-likeness (QED) is 0.622. The highest BCUT2D eigenvalue weighted by Crippen LogP contribution is 2.11. The summed E-state index contributed by atoms with van der Waals surface area (Å²) in [6, 6.07) is 4.49. The van der Waals surface area contributed by atoms with E-state index in [1.807, 2.05) is 0 Å². The number of pyridine rings is 1. The molecule has 2 N–H and O–H groups in total. The van der Waals surface area contributed by atoms with Crippen molar-refractivity contribution in [2.75, 3.05) is 19.0 Å². The van der Waals surface area contributed by atoms with Crippen LogP contribution in [-0.2, 0) is 0 Å². The van der Waals surface area contributed by atoms with Crippen LogP contribution in [0.2, 0.25) is 25.7 Å². The van der Waals surface area contributed by atoms with Gasteiger partial charge >= 0.3 is 6.03 Å². The summed E-state index contributed by atoms with van der Waals surface area (Å²) in [6.07, 6.45) is 2.60. The number of carbonyl (C=O) groups excluding carboxylic acids is 1. The van der Waals surface area contributed by atoms with Crippen molar-refractivity contribution in [3.8, 4) is 5.88 Å². The molecule has 6 heteroatoms. The van der Waals surface area contributed by atoms with Gasteiger partial charge in [-0.15, -0.1) is 0 Å². The van der Waals surface area contributed by atoms with Crippen LogP contribution in [0.5, 0.6) is 5.88 Å². The minimum atomic E-state index is -1.01. The van der Waals surface area contributed by atoms with Crippen LogP contribution in [0.15, 0.2) is 18.3 Å². The van der Waals surface area contributed by atoms with E-state index in [1.165, 1.54) is 6.04 Å². The Morgan fingerprint density at radius 2 is 2.11 bits per heavy atom. The molecular weight excluding hydrogens is 258 g/mol. The summed E-state index contributed by atoms with van der Waals surface area (Å²) in [7, 11) is 0.547. The average Bonchev–Trinajstić information content (AvgIpc) is 2.34. The summed E-state index contributed by atoms with van der Waals surface area (Å²) in [5.41, 5.74) is 0.656. The first-order chi connectivity index (χ1) is 8.90. The number of hydrogen-bond donors (Lipinski definition) is 2. The second-order valence-electron chi connectivity index (χ2n) is 5.63. The molecule has 0 atom stereocenters. The maximum atomic E-state index is 11.6. The fraction of sp³-hybridized carbons (Fsp3) is 0.538. The molecule has 0 saturated heterocycles. The lowest BCUT2D eigenvalue weighted by Gasteiger charge is -2.15. The number of urea groups is 1. The number of ether oxygens (including phenoxy) is 1. The summed E-state index contributed by atoms with van der Waals surface area (Å²) >= 11 is 0. The highest BCUT2D eigenvalue weighted by Gasteiger charge is 2.12. The van der Waals surface area contributed by atoms with Gasteiger partial charge in [0.05, 0.1) is 19.0 Å². The molecule has 0 aromatic carbocycles. The van der Waals surface area contributed by atoms with E-state index < -0.39 is 8.07 Å². The van der Waals surface area contributed by atoms with Crippen LogP contribution in [0.3, 0.4) is 0 Å². The monoisotopic (exact) mass is 281 g/mol. The van der Waals surface area contributed by atoms with Gasteiger partial charge in [-0.05, 0) is 12.5 Å². The molecule has 5 nitrogen and oxygen atoms in total. The third-order valence-electron chi connectivity index (χ3n) is 2.59. The van der Waals surface area contributed by atoms with Gasteiger partial charge in [-0.2, -0.15) is 0 Å². The standard InChI is InChI=1S/C13H23N3O2Si/c1-18-12-7-6-11(10-15-12)16-13(17)14-8-5-9-19(2,3)4/h6-7,10H,5,8-9H2,1-4H3,(H2,14,16,17). The average molecular weight is 281 g/mol. The molecule has 0 aliphatic heterocycles. The van der Waals surface area contributed by atoms with E-state index in [2.05, 4.69) is 35.3 Å². The number of aromatic nitrogens is 1. The summed E-state index contributed by atoms with van der Waals surface area (Å²) < 4.78 is 4.95. The number of hydrogen-bond acceptors (Lipinski definition) is 3. The van der Waals surface area contributed by atoms with E-state index in [0.717, 1.165) is 6.42 Å². The van der Waals surface area contributed by atoms with Crippen molar-refractivity contribution in [1.29, 1.82) is 0 Å². The van der Waals surface area contributed by atoms with Gasteiger partial charge in [0.25, 0.3) is 0 Å². The third-order valence-corrected chi connectivity index (χ3v) is 4.45. The van der Waals surface area contributed by atoms with Crippen LogP contribution < -0.4 is 15.4 Å². The van der Waals surface area contributed by atoms with Crippen LogP contribution in [-0.4, -0.2) is 32.7 Å². The zero-order valence-electron chi connectivity index (χ0n) is 12.1. The number of methoxy groups -OCH3 is 1. The summed E-state index contributed by atoms with van der Waals surface area (Å²) in [6.45, 7) is 7.70. The summed E-state index contributed by atoms with van der Waals surface area (Å²) in [4.78, 5) is 15.6. The molecule has 2 amide bonds. The minimum absolute atomic E-state index is 0.192. The van der Waals surface area contributed by atoms with Crippen molar-refractivity contribution in [2.24, 2.45) is 0 Å². The van der Waals surface area contributed by atoms with E-state index in [0.29, 0.717) is 18.1 Å². The Kier molecular flexibility index (Phi) is 5.82. The fourth-order valence-corrected chi connectivity index (χ4v) is 2.81. The molecular formula is C13H23N3O2Si. The predicted octanol–water partition coefficient (Wildman–Crippen LogP) is 2.94. The van der Waals surface area contributed by atoms with Crippen molar-refractivity contribution < 1.29 is 9.53 Å². The zero-order chi connectivity index (χ0) is 14.3. The van der Waals surface area contributed by atoms with Crippen molar-refractivity contribution in [3.05, 3.63) is 18.3 Å². The molecule has 0 aliphatic rings. The molecule has 0 unspecified atom stereocenters. The normalized spacial score (nSPS) is 10.9. The van der Waals surface area contributed by atoms with Gasteiger partial charge in [0.15, 0.2) is 0 Å². The fourth-order valence-electron chi connectivity index (χ4n) is 1.57. The third kappa shape index (κ3) is 6.81. The van der Waals surface area contributed by atoms with Gasteiger partial charge < -0.3 is 15.4 Å². The van der Waals surface area contributed by atoms with Crippen LogP contribution in [0.1, 0.15) is 6.42 Å². The molecule has 1 aromatic rings. The van der Waals surface area contributed by atoms with Gasteiger partial charge in [-0.3, -0.25) is 0 Å². The number of anilines is 1. The number of nitrogens with one attached hydrogen (secondary N) is 2. The molecule has 0 aliphatic carbocycles. The van der Waals surface area contributed by atoms with E-state index >= 15 is 0 Å². The lowest BCUT2D eigenvalue weighted by atomic mass is 10.4. The highest BCUT2D eigenvalue weighted by molar-refractivity contribution is 6.76. The van der Waals surface area contributed by atoms with E-state index in [-0.39, 0.29) is 6.03 Å². The SMILES string of the molecule is COc1ccc(NC(=O)NCCC[Si](C)(C)C)cn1. The Morgan fingerprint density at radius 3 is 2.63 bits per heavy atom. The van der Waals surface area contributed by atoms with Crippen LogP contribution >= 0.6 is 0 Å². The Morgan fingerprint density at radius 1 is 1.37 bits per heavy atom. The largest absolute Gasteiger partial charge is 0.481 e. The van der Waals surface area contributed by atoms with Gasteiger partial charge in [0, 0.05) is 20.7 Å². The molecule has 1 rings (SSSR count). The Balaban J connectivity index is 2.27. The molecule has 1 heterocycles. The van der Waals surface area contributed by atoms with Crippen LogP contribution in [0.25, 0.3) is 0 Å². The molecule has 1 aromatic heterocycles. The summed E-state index contributed by atoms with van der Waals surface area (Å²) in [5.74, 6) is 0.529. The Bertz CT molecular complexity index is 401. The van der Waals surface area contributed by atoms with Gasteiger partial charge in [0.1, 0.15) is 0 Å².